The molecule has 0 fully saturated rings. The standard InChI is InChI=1S/C11H10FN3O/c12-8-2-1-3-9(6-8)14-10-4-5-13-11(7-16)15-10/h1-6,16H,7H2,(H,13,14,15). The maximum absolute atomic E-state index is 12.9. The molecule has 0 radical (unpaired) electrons. The lowest BCUT2D eigenvalue weighted by molar-refractivity contribution is 0.271. The van der Waals surface area contributed by atoms with Crippen LogP contribution in [-0.2, 0) is 6.61 Å². The molecule has 1 heterocycles. The number of aliphatic hydroxyl groups excluding tert-OH is 1. The average Bonchev–Trinajstić information content (AvgIpc) is 2.29. The molecule has 0 aliphatic carbocycles. The summed E-state index contributed by atoms with van der Waals surface area (Å²) in [6.07, 6.45) is 1.53. The molecule has 0 saturated carbocycles. The van der Waals surface area contributed by atoms with Crippen molar-refractivity contribution in [3.8, 4) is 0 Å². The fourth-order valence-electron chi connectivity index (χ4n) is 1.26. The first-order valence-electron chi connectivity index (χ1n) is 4.73. The lowest BCUT2D eigenvalue weighted by atomic mass is 10.3. The number of rotatable bonds is 3. The largest absolute Gasteiger partial charge is 0.388 e. The summed E-state index contributed by atoms with van der Waals surface area (Å²) in [5.41, 5.74) is 0.600. The molecule has 16 heavy (non-hydrogen) atoms. The summed E-state index contributed by atoms with van der Waals surface area (Å²) >= 11 is 0. The summed E-state index contributed by atoms with van der Waals surface area (Å²) in [5.74, 6) is 0.521. The van der Waals surface area contributed by atoms with Gasteiger partial charge in [-0.2, -0.15) is 0 Å². The molecule has 2 rings (SSSR count). The predicted octanol–water partition coefficient (Wildman–Crippen LogP) is 1.85. The number of hydrogen-bond donors (Lipinski definition) is 2. The summed E-state index contributed by atoms with van der Waals surface area (Å²) in [7, 11) is 0. The Hall–Kier alpha value is -2.01. The van der Waals surface area contributed by atoms with Crippen molar-refractivity contribution < 1.29 is 9.50 Å². The Morgan fingerprint density at radius 2 is 2.19 bits per heavy atom. The summed E-state index contributed by atoms with van der Waals surface area (Å²) in [6.45, 7) is -0.224. The first kappa shape index (κ1) is 10.5. The van der Waals surface area contributed by atoms with Crippen molar-refractivity contribution in [2.45, 2.75) is 6.61 Å². The van der Waals surface area contributed by atoms with E-state index in [0.29, 0.717) is 17.3 Å². The molecule has 0 bridgehead atoms. The third kappa shape index (κ3) is 2.52. The van der Waals surface area contributed by atoms with Gasteiger partial charge in [0, 0.05) is 11.9 Å². The Bertz CT molecular complexity index is 490. The number of nitrogens with one attached hydrogen (secondary N) is 1. The molecule has 0 unspecified atom stereocenters. The van der Waals surface area contributed by atoms with E-state index in [1.807, 2.05) is 0 Å². The van der Waals surface area contributed by atoms with Crippen molar-refractivity contribution in [2.75, 3.05) is 5.32 Å². The fourth-order valence-corrected chi connectivity index (χ4v) is 1.26. The second kappa shape index (κ2) is 4.67. The van der Waals surface area contributed by atoms with Gasteiger partial charge in [-0.25, -0.2) is 14.4 Å². The second-order valence-electron chi connectivity index (χ2n) is 3.15. The first-order valence-corrected chi connectivity index (χ1v) is 4.73. The normalized spacial score (nSPS) is 10.1. The zero-order chi connectivity index (χ0) is 11.4. The minimum atomic E-state index is -0.318. The number of nitrogens with zero attached hydrogens (tertiary/aromatic N) is 2. The van der Waals surface area contributed by atoms with Crippen molar-refractivity contribution in [3.05, 3.63) is 48.2 Å². The predicted molar refractivity (Wildman–Crippen MR) is 57.6 cm³/mol. The van der Waals surface area contributed by atoms with Crippen molar-refractivity contribution in [2.24, 2.45) is 0 Å². The highest BCUT2D eigenvalue weighted by Gasteiger charge is 1.99. The lowest BCUT2D eigenvalue weighted by Gasteiger charge is -2.05. The highest BCUT2D eigenvalue weighted by Crippen LogP contribution is 2.14. The Labute approximate surface area is 91.8 Å². The Balaban J connectivity index is 2.20. The molecule has 1 aromatic heterocycles. The molecule has 0 amide bonds. The summed E-state index contributed by atoms with van der Waals surface area (Å²) in [6, 6.07) is 7.70. The Morgan fingerprint density at radius 1 is 1.31 bits per heavy atom. The zero-order valence-electron chi connectivity index (χ0n) is 8.39. The van der Waals surface area contributed by atoms with Crippen molar-refractivity contribution in [1.29, 1.82) is 0 Å². The minimum absolute atomic E-state index is 0.224. The molecule has 0 aliphatic rings. The SMILES string of the molecule is OCc1nccc(Nc2cccc(F)c2)n1. The molecular weight excluding hydrogens is 209 g/mol. The number of anilines is 2. The van der Waals surface area contributed by atoms with Gasteiger partial charge in [0.25, 0.3) is 0 Å². The van der Waals surface area contributed by atoms with E-state index in [1.54, 1.807) is 18.2 Å². The van der Waals surface area contributed by atoms with Crippen LogP contribution in [0.1, 0.15) is 5.82 Å². The second-order valence-corrected chi connectivity index (χ2v) is 3.15. The number of halogens is 1. The number of aromatic nitrogens is 2. The molecule has 82 valence electrons. The summed E-state index contributed by atoms with van der Waals surface area (Å²) in [4.78, 5) is 7.86. The van der Waals surface area contributed by atoms with E-state index in [1.165, 1.54) is 18.3 Å². The summed E-state index contributed by atoms with van der Waals surface area (Å²) < 4.78 is 12.9. The third-order valence-electron chi connectivity index (χ3n) is 1.94. The van der Waals surface area contributed by atoms with Gasteiger partial charge in [0.15, 0.2) is 5.82 Å². The average molecular weight is 219 g/mol. The van der Waals surface area contributed by atoms with E-state index in [-0.39, 0.29) is 12.4 Å². The molecule has 0 aliphatic heterocycles. The maximum atomic E-state index is 12.9. The number of aliphatic hydroxyl groups is 1. The van der Waals surface area contributed by atoms with Gasteiger partial charge in [0.05, 0.1) is 0 Å². The molecule has 1 aromatic carbocycles. The molecule has 0 saturated heterocycles. The molecule has 0 spiro atoms. The van der Waals surface area contributed by atoms with Crippen LogP contribution in [-0.4, -0.2) is 15.1 Å². The van der Waals surface area contributed by atoms with Crippen LogP contribution in [0, 0.1) is 5.82 Å². The molecular formula is C11H10FN3O. The van der Waals surface area contributed by atoms with E-state index < -0.39 is 0 Å². The summed E-state index contributed by atoms with van der Waals surface area (Å²) in [5, 5.41) is 11.8. The van der Waals surface area contributed by atoms with E-state index in [4.69, 9.17) is 5.11 Å². The van der Waals surface area contributed by atoms with E-state index >= 15 is 0 Å². The van der Waals surface area contributed by atoms with Gasteiger partial charge in [-0.3, -0.25) is 0 Å². The van der Waals surface area contributed by atoms with Crippen LogP contribution in [0.3, 0.4) is 0 Å². The van der Waals surface area contributed by atoms with Crippen LogP contribution in [0.2, 0.25) is 0 Å². The first-order chi connectivity index (χ1) is 7.78. The fraction of sp³-hybridized carbons (Fsp3) is 0.0909. The minimum Gasteiger partial charge on any atom is -0.388 e. The van der Waals surface area contributed by atoms with Gasteiger partial charge < -0.3 is 10.4 Å². The zero-order valence-corrected chi connectivity index (χ0v) is 8.39. The van der Waals surface area contributed by atoms with Crippen LogP contribution in [0.15, 0.2) is 36.5 Å². The molecule has 4 nitrogen and oxygen atoms in total. The van der Waals surface area contributed by atoms with Crippen LogP contribution < -0.4 is 5.32 Å². The van der Waals surface area contributed by atoms with Gasteiger partial charge in [-0.15, -0.1) is 0 Å². The topological polar surface area (TPSA) is 58.0 Å². The molecule has 2 aromatic rings. The van der Waals surface area contributed by atoms with Gasteiger partial charge in [0.2, 0.25) is 0 Å². The highest BCUT2D eigenvalue weighted by molar-refractivity contribution is 5.55. The Morgan fingerprint density at radius 3 is 2.94 bits per heavy atom. The van der Waals surface area contributed by atoms with Crippen molar-refractivity contribution >= 4 is 11.5 Å². The van der Waals surface area contributed by atoms with Crippen LogP contribution in [0.25, 0.3) is 0 Å². The van der Waals surface area contributed by atoms with Crippen LogP contribution in [0.4, 0.5) is 15.9 Å². The quantitative estimate of drug-likeness (QED) is 0.827. The van der Waals surface area contributed by atoms with Crippen molar-refractivity contribution in [3.63, 3.8) is 0 Å². The molecule has 0 atom stereocenters. The van der Waals surface area contributed by atoms with Crippen LogP contribution >= 0.6 is 0 Å². The van der Waals surface area contributed by atoms with E-state index in [0.717, 1.165) is 0 Å². The van der Waals surface area contributed by atoms with Gasteiger partial charge in [0.1, 0.15) is 18.2 Å². The smallest absolute Gasteiger partial charge is 0.156 e. The third-order valence-corrected chi connectivity index (χ3v) is 1.94. The highest BCUT2D eigenvalue weighted by atomic mass is 19.1. The van der Waals surface area contributed by atoms with Gasteiger partial charge in [-0.1, -0.05) is 6.07 Å². The number of hydrogen-bond acceptors (Lipinski definition) is 4. The van der Waals surface area contributed by atoms with Gasteiger partial charge >= 0.3 is 0 Å². The maximum Gasteiger partial charge on any atom is 0.156 e. The van der Waals surface area contributed by atoms with Crippen LogP contribution in [0.5, 0.6) is 0 Å². The monoisotopic (exact) mass is 219 g/mol. The Kier molecular flexibility index (Phi) is 3.07. The van der Waals surface area contributed by atoms with E-state index in [9.17, 15) is 4.39 Å². The van der Waals surface area contributed by atoms with Crippen molar-refractivity contribution in [1.82, 2.24) is 9.97 Å². The molecule has 2 N–H and O–H groups in total. The number of benzene rings is 1. The molecule has 5 heteroatoms. The van der Waals surface area contributed by atoms with E-state index in [2.05, 4.69) is 15.3 Å². The van der Waals surface area contributed by atoms with Gasteiger partial charge in [-0.05, 0) is 24.3 Å². The lowest BCUT2D eigenvalue weighted by Crippen LogP contribution is -1.99.